The molecule has 1 unspecified atom stereocenters. The number of nitrogens with zero attached hydrogens (tertiary/aromatic N) is 4. The molecule has 2 aromatic heterocycles. The van der Waals surface area contributed by atoms with Crippen molar-refractivity contribution in [1.29, 1.82) is 0 Å². The molecule has 8 heteroatoms. The van der Waals surface area contributed by atoms with Crippen molar-refractivity contribution in [3.8, 4) is 11.5 Å². The summed E-state index contributed by atoms with van der Waals surface area (Å²) in [6.07, 6.45) is -0.542. The highest BCUT2D eigenvalue weighted by Gasteiger charge is 2.21. The first-order valence-corrected chi connectivity index (χ1v) is 7.03. The molecule has 22 heavy (non-hydrogen) atoms. The van der Waals surface area contributed by atoms with E-state index in [1.807, 2.05) is 28.8 Å². The predicted molar refractivity (Wildman–Crippen MR) is 82.5 cm³/mol. The lowest BCUT2D eigenvalue weighted by Gasteiger charge is -2.13. The number of anilines is 1. The highest BCUT2D eigenvalue weighted by molar-refractivity contribution is 5.81. The van der Waals surface area contributed by atoms with E-state index in [0.717, 1.165) is 11.0 Å². The summed E-state index contributed by atoms with van der Waals surface area (Å²) in [6, 6.07) is 7.75. The van der Waals surface area contributed by atoms with E-state index in [4.69, 9.17) is 4.63 Å². The van der Waals surface area contributed by atoms with E-state index in [2.05, 4.69) is 25.9 Å². The van der Waals surface area contributed by atoms with Gasteiger partial charge in [-0.3, -0.25) is 0 Å². The van der Waals surface area contributed by atoms with Crippen LogP contribution in [0.5, 0.6) is 0 Å². The number of likely N-dealkylation sites (N-methyl/N-ethyl adjacent to an activating group) is 1. The average Bonchev–Trinajstić information content (AvgIpc) is 3.12. The number of aromatic nitrogens is 4. The zero-order chi connectivity index (χ0) is 15.5. The SMILES string of the molecule is CNCC(O)Cn1c(-c2nonc2NC)nc2ccccc21. The lowest BCUT2D eigenvalue weighted by atomic mass is 10.3. The normalized spacial score (nSPS) is 12.7. The summed E-state index contributed by atoms with van der Waals surface area (Å²) in [5.41, 5.74) is 2.28. The Morgan fingerprint density at radius 1 is 1.27 bits per heavy atom. The molecule has 0 radical (unpaired) electrons. The van der Waals surface area contributed by atoms with E-state index < -0.39 is 6.10 Å². The van der Waals surface area contributed by atoms with Crippen LogP contribution >= 0.6 is 0 Å². The van der Waals surface area contributed by atoms with Crippen molar-refractivity contribution < 1.29 is 9.74 Å². The molecule has 0 spiro atoms. The summed E-state index contributed by atoms with van der Waals surface area (Å²) >= 11 is 0. The number of imidazole rings is 1. The second-order valence-corrected chi connectivity index (χ2v) is 4.96. The average molecular weight is 302 g/mol. The lowest BCUT2D eigenvalue weighted by molar-refractivity contribution is 0.156. The van der Waals surface area contributed by atoms with Crippen LogP contribution in [-0.4, -0.2) is 51.7 Å². The number of hydrogen-bond acceptors (Lipinski definition) is 7. The minimum Gasteiger partial charge on any atom is -0.390 e. The van der Waals surface area contributed by atoms with Crippen LogP contribution < -0.4 is 10.6 Å². The molecule has 0 aliphatic carbocycles. The first-order chi connectivity index (χ1) is 10.7. The van der Waals surface area contributed by atoms with Gasteiger partial charge in [0.2, 0.25) is 5.82 Å². The maximum absolute atomic E-state index is 10.1. The highest BCUT2D eigenvalue weighted by Crippen LogP contribution is 2.27. The standard InChI is InChI=1S/C14H18N6O2/c1-15-7-9(21)8-20-11-6-4-3-5-10(11)17-14(20)12-13(16-2)19-22-18-12/h3-6,9,15,21H,7-8H2,1-2H3,(H,16,19). The summed E-state index contributed by atoms with van der Waals surface area (Å²) in [4.78, 5) is 4.61. The van der Waals surface area contributed by atoms with Gasteiger partial charge in [-0.15, -0.1) is 0 Å². The molecule has 0 aliphatic rings. The minimum absolute atomic E-state index is 0.396. The molecule has 0 aliphatic heterocycles. The van der Waals surface area contributed by atoms with E-state index in [9.17, 15) is 5.11 Å². The van der Waals surface area contributed by atoms with E-state index in [1.54, 1.807) is 14.1 Å². The van der Waals surface area contributed by atoms with Crippen LogP contribution in [0.2, 0.25) is 0 Å². The summed E-state index contributed by atoms with van der Waals surface area (Å²) < 4.78 is 6.73. The van der Waals surface area contributed by atoms with Gasteiger partial charge in [-0.2, -0.15) is 0 Å². The number of para-hydroxylation sites is 2. The summed E-state index contributed by atoms with van der Waals surface area (Å²) in [5, 5.41) is 23.8. The molecule has 1 aromatic carbocycles. The third kappa shape index (κ3) is 2.53. The van der Waals surface area contributed by atoms with Gasteiger partial charge in [-0.05, 0) is 29.5 Å². The second kappa shape index (κ2) is 6.12. The minimum atomic E-state index is -0.542. The molecule has 3 rings (SSSR count). The number of rotatable bonds is 6. The fourth-order valence-corrected chi connectivity index (χ4v) is 2.45. The van der Waals surface area contributed by atoms with Crippen LogP contribution in [0.4, 0.5) is 5.82 Å². The molecular formula is C14H18N6O2. The molecule has 2 heterocycles. The summed E-state index contributed by atoms with van der Waals surface area (Å²) in [6.45, 7) is 0.884. The van der Waals surface area contributed by atoms with Crippen LogP contribution in [0.1, 0.15) is 0 Å². The van der Waals surface area contributed by atoms with Crippen LogP contribution in [0.25, 0.3) is 22.6 Å². The third-order valence-corrected chi connectivity index (χ3v) is 3.42. The van der Waals surface area contributed by atoms with Crippen molar-refractivity contribution in [3.05, 3.63) is 24.3 Å². The predicted octanol–water partition coefficient (Wildman–Crippen LogP) is 0.708. The van der Waals surface area contributed by atoms with E-state index in [0.29, 0.717) is 30.4 Å². The number of nitrogens with one attached hydrogen (secondary N) is 2. The van der Waals surface area contributed by atoms with Crippen LogP contribution in [0.3, 0.4) is 0 Å². The van der Waals surface area contributed by atoms with Gasteiger partial charge in [0.1, 0.15) is 0 Å². The van der Waals surface area contributed by atoms with Gasteiger partial charge in [0.15, 0.2) is 11.5 Å². The van der Waals surface area contributed by atoms with Gasteiger partial charge in [0, 0.05) is 13.6 Å². The molecule has 0 fully saturated rings. The Morgan fingerprint density at radius 3 is 2.86 bits per heavy atom. The van der Waals surface area contributed by atoms with Crippen molar-refractivity contribution in [1.82, 2.24) is 25.2 Å². The van der Waals surface area contributed by atoms with Crippen molar-refractivity contribution >= 4 is 16.9 Å². The second-order valence-electron chi connectivity index (χ2n) is 4.96. The fourth-order valence-electron chi connectivity index (χ4n) is 2.45. The maximum Gasteiger partial charge on any atom is 0.201 e. The number of hydrogen-bond donors (Lipinski definition) is 3. The van der Waals surface area contributed by atoms with Crippen LogP contribution in [0.15, 0.2) is 28.9 Å². The van der Waals surface area contributed by atoms with Crippen LogP contribution in [0, 0.1) is 0 Å². The van der Waals surface area contributed by atoms with Crippen molar-refractivity contribution in [2.45, 2.75) is 12.6 Å². The first kappa shape index (κ1) is 14.5. The zero-order valence-corrected chi connectivity index (χ0v) is 12.4. The number of benzene rings is 1. The van der Waals surface area contributed by atoms with Gasteiger partial charge in [-0.25, -0.2) is 9.61 Å². The number of aliphatic hydroxyl groups is 1. The Bertz CT molecular complexity index is 766. The van der Waals surface area contributed by atoms with E-state index >= 15 is 0 Å². The molecule has 3 N–H and O–H groups in total. The third-order valence-electron chi connectivity index (χ3n) is 3.42. The Hall–Kier alpha value is -2.45. The number of aliphatic hydroxyl groups excluding tert-OH is 1. The Balaban J connectivity index is 2.12. The summed E-state index contributed by atoms with van der Waals surface area (Å²) in [5.74, 6) is 1.13. The molecule has 116 valence electrons. The molecule has 1 atom stereocenters. The maximum atomic E-state index is 10.1. The lowest BCUT2D eigenvalue weighted by Crippen LogP contribution is -2.28. The molecule has 0 bridgehead atoms. The largest absolute Gasteiger partial charge is 0.390 e. The molecular weight excluding hydrogens is 284 g/mol. The molecule has 0 amide bonds. The highest BCUT2D eigenvalue weighted by atomic mass is 16.6. The Kier molecular flexibility index (Phi) is 4.03. The smallest absolute Gasteiger partial charge is 0.201 e. The monoisotopic (exact) mass is 302 g/mol. The molecule has 8 nitrogen and oxygen atoms in total. The fraction of sp³-hybridized carbons (Fsp3) is 0.357. The quantitative estimate of drug-likeness (QED) is 0.616. The number of fused-ring (bicyclic) bond motifs is 1. The van der Waals surface area contributed by atoms with Gasteiger partial charge in [-0.1, -0.05) is 12.1 Å². The van der Waals surface area contributed by atoms with E-state index in [-0.39, 0.29) is 0 Å². The topological polar surface area (TPSA) is 101 Å². The van der Waals surface area contributed by atoms with Gasteiger partial charge < -0.3 is 20.3 Å². The molecule has 0 saturated heterocycles. The van der Waals surface area contributed by atoms with Crippen molar-refractivity contribution in [2.24, 2.45) is 0 Å². The first-order valence-electron chi connectivity index (χ1n) is 7.03. The van der Waals surface area contributed by atoms with Crippen LogP contribution in [-0.2, 0) is 6.54 Å². The van der Waals surface area contributed by atoms with Gasteiger partial charge in [0.25, 0.3) is 0 Å². The Morgan fingerprint density at radius 2 is 2.09 bits per heavy atom. The molecule has 3 aromatic rings. The Labute approximate surface area is 127 Å². The van der Waals surface area contributed by atoms with Gasteiger partial charge in [0.05, 0.1) is 23.7 Å². The summed E-state index contributed by atoms with van der Waals surface area (Å²) in [7, 11) is 3.54. The van der Waals surface area contributed by atoms with E-state index in [1.165, 1.54) is 0 Å². The van der Waals surface area contributed by atoms with Gasteiger partial charge >= 0.3 is 0 Å². The molecule has 0 saturated carbocycles. The van der Waals surface area contributed by atoms with Crippen molar-refractivity contribution in [2.75, 3.05) is 26.0 Å². The zero-order valence-electron chi connectivity index (χ0n) is 12.4. The van der Waals surface area contributed by atoms with Crippen molar-refractivity contribution in [3.63, 3.8) is 0 Å².